The number of rotatable bonds is 12. The Hall–Kier alpha value is -4.23. The van der Waals surface area contributed by atoms with E-state index in [1.165, 1.54) is 23.9 Å². The third-order valence-corrected chi connectivity index (χ3v) is 8.69. The highest BCUT2D eigenvalue weighted by atomic mass is 32.2. The van der Waals surface area contributed by atoms with Gasteiger partial charge in [-0.15, -0.1) is 11.8 Å². The van der Waals surface area contributed by atoms with Gasteiger partial charge in [0.15, 0.2) is 6.10 Å². The summed E-state index contributed by atoms with van der Waals surface area (Å²) in [7, 11) is 0. The zero-order chi connectivity index (χ0) is 33.7. The van der Waals surface area contributed by atoms with Crippen LogP contribution in [0.5, 0.6) is 11.5 Å². The number of benzene rings is 3. The first-order valence-corrected chi connectivity index (χ1v) is 16.3. The molecular formula is C34H38F3N5O4S. The maximum absolute atomic E-state index is 13.2. The largest absolute Gasteiger partial charge is 0.491 e. The predicted octanol–water partition coefficient (Wildman–Crippen LogP) is 6.85. The lowest BCUT2D eigenvalue weighted by Crippen LogP contribution is -2.46. The van der Waals surface area contributed by atoms with E-state index in [1.54, 1.807) is 17.8 Å². The molecule has 1 aliphatic heterocycles. The number of anilines is 1. The second-order valence-corrected chi connectivity index (χ2v) is 12.7. The number of thioether (sulfide) groups is 1. The van der Waals surface area contributed by atoms with Gasteiger partial charge in [-0.2, -0.15) is 28.2 Å². The van der Waals surface area contributed by atoms with Crippen LogP contribution >= 0.6 is 11.8 Å². The number of hydrogen-bond donors (Lipinski definition) is 1. The highest BCUT2D eigenvalue weighted by Gasteiger charge is 2.30. The van der Waals surface area contributed by atoms with Crippen LogP contribution in [0.25, 0.3) is 5.69 Å². The molecule has 0 bridgehead atoms. The summed E-state index contributed by atoms with van der Waals surface area (Å²) in [4.78, 5) is 18.2. The van der Waals surface area contributed by atoms with E-state index in [4.69, 9.17) is 19.7 Å². The second kappa shape index (κ2) is 14.7. The maximum Gasteiger partial charge on any atom is 0.416 e. The van der Waals surface area contributed by atoms with Crippen molar-refractivity contribution >= 4 is 23.4 Å². The lowest BCUT2D eigenvalue weighted by Gasteiger charge is -2.35. The van der Waals surface area contributed by atoms with Crippen LogP contribution in [0, 0.1) is 6.92 Å². The molecule has 1 aromatic heterocycles. The molecule has 1 unspecified atom stereocenters. The molecule has 13 heteroatoms. The monoisotopic (exact) mass is 669 g/mol. The number of piperazine rings is 1. The summed E-state index contributed by atoms with van der Waals surface area (Å²) in [6.07, 6.45) is -5.29. The van der Waals surface area contributed by atoms with Crippen molar-refractivity contribution < 1.29 is 32.5 Å². The lowest BCUT2D eigenvalue weighted by molar-refractivity contribution is -0.144. The Morgan fingerprint density at radius 3 is 2.13 bits per heavy atom. The number of carboxylic acid groups (broad SMARTS) is 1. The van der Waals surface area contributed by atoms with Gasteiger partial charge in [-0.25, -0.2) is 4.79 Å². The third kappa shape index (κ3) is 8.98. The summed E-state index contributed by atoms with van der Waals surface area (Å²) in [6, 6.07) is 18.5. The fraction of sp³-hybridized carbons (Fsp3) is 0.382. The number of ether oxygens (including phenoxy) is 2. The maximum atomic E-state index is 13.2. The van der Waals surface area contributed by atoms with Gasteiger partial charge in [-0.1, -0.05) is 0 Å². The Kier molecular flexibility index (Phi) is 10.7. The molecule has 4 aromatic rings. The number of nitrogens with zero attached hydrogens (tertiary/aromatic N) is 5. The van der Waals surface area contributed by atoms with E-state index in [-0.39, 0.29) is 6.10 Å². The summed E-state index contributed by atoms with van der Waals surface area (Å²) >= 11 is 1.54. The molecule has 2 heterocycles. The van der Waals surface area contributed by atoms with E-state index in [0.29, 0.717) is 23.7 Å². The Labute approximate surface area is 276 Å². The summed E-state index contributed by atoms with van der Waals surface area (Å²) in [5.41, 5.74) is 3.13. The van der Waals surface area contributed by atoms with Gasteiger partial charge >= 0.3 is 12.1 Å². The van der Waals surface area contributed by atoms with Crippen molar-refractivity contribution in [1.82, 2.24) is 19.9 Å². The fourth-order valence-electron chi connectivity index (χ4n) is 5.12. The van der Waals surface area contributed by atoms with Crippen LogP contribution in [0.15, 0.2) is 71.6 Å². The smallest absolute Gasteiger partial charge is 0.416 e. The molecule has 0 amide bonds. The molecule has 47 heavy (non-hydrogen) atoms. The first kappa shape index (κ1) is 34.1. The van der Waals surface area contributed by atoms with Crippen molar-refractivity contribution in [3.8, 4) is 17.2 Å². The number of hydrogen-bond acceptors (Lipinski definition) is 8. The first-order chi connectivity index (χ1) is 22.4. The van der Waals surface area contributed by atoms with Crippen molar-refractivity contribution in [2.75, 3.05) is 31.1 Å². The predicted molar refractivity (Wildman–Crippen MR) is 175 cm³/mol. The van der Waals surface area contributed by atoms with Crippen molar-refractivity contribution in [3.05, 3.63) is 89.2 Å². The van der Waals surface area contributed by atoms with Gasteiger partial charge in [0.2, 0.25) is 0 Å². The van der Waals surface area contributed by atoms with Gasteiger partial charge in [0, 0.05) is 49.1 Å². The molecule has 1 fully saturated rings. The van der Waals surface area contributed by atoms with Crippen molar-refractivity contribution in [2.24, 2.45) is 0 Å². The minimum absolute atomic E-state index is 0.114. The quantitative estimate of drug-likeness (QED) is 0.163. The molecule has 5 rings (SSSR count). The average molecular weight is 670 g/mol. The zero-order valence-corrected chi connectivity index (χ0v) is 27.5. The first-order valence-electron chi connectivity index (χ1n) is 15.4. The van der Waals surface area contributed by atoms with Crippen LogP contribution in [0.3, 0.4) is 0 Å². The summed E-state index contributed by atoms with van der Waals surface area (Å²) in [5, 5.41) is 18.6. The minimum Gasteiger partial charge on any atom is -0.491 e. The molecule has 1 aliphatic rings. The molecule has 3 aromatic carbocycles. The van der Waals surface area contributed by atoms with Crippen LogP contribution < -0.4 is 14.4 Å². The van der Waals surface area contributed by atoms with E-state index >= 15 is 0 Å². The summed E-state index contributed by atoms with van der Waals surface area (Å²) in [5.74, 6) is 0.776. The summed E-state index contributed by atoms with van der Waals surface area (Å²) in [6.45, 7) is 11.1. The van der Waals surface area contributed by atoms with E-state index in [1.807, 2.05) is 45.0 Å². The van der Waals surface area contributed by atoms with Crippen LogP contribution in [-0.2, 0) is 23.3 Å². The van der Waals surface area contributed by atoms with E-state index in [9.17, 15) is 23.1 Å². The van der Waals surface area contributed by atoms with Crippen molar-refractivity contribution in [2.45, 2.75) is 63.3 Å². The minimum atomic E-state index is -4.43. The Morgan fingerprint density at radius 2 is 1.53 bits per heavy atom. The van der Waals surface area contributed by atoms with Crippen LogP contribution in [0.1, 0.15) is 43.3 Å². The molecule has 1 atom stereocenters. The van der Waals surface area contributed by atoms with E-state index < -0.39 is 23.8 Å². The molecule has 1 saturated heterocycles. The molecule has 9 nitrogen and oxygen atoms in total. The van der Waals surface area contributed by atoms with Gasteiger partial charge in [0.25, 0.3) is 0 Å². The van der Waals surface area contributed by atoms with E-state index in [2.05, 4.69) is 21.9 Å². The number of aryl methyl sites for hydroxylation is 1. The van der Waals surface area contributed by atoms with Gasteiger partial charge in [-0.05, 0) is 100.0 Å². The Bertz CT molecular complexity index is 1650. The molecule has 1 N–H and O–H groups in total. The number of aliphatic carboxylic acids is 1. The highest BCUT2D eigenvalue weighted by Crippen LogP contribution is 2.31. The SMILES string of the molecule is Cc1cc(SCc2nn(-c3ccc(C(F)(F)F)cc3)nc2CN2CCN(c3ccc(OC(C)C)cc3)CC2)ccc1OC(C)C(=O)O. The Morgan fingerprint density at radius 1 is 0.894 bits per heavy atom. The fourth-order valence-corrected chi connectivity index (χ4v) is 6.07. The zero-order valence-electron chi connectivity index (χ0n) is 26.7. The lowest BCUT2D eigenvalue weighted by atomic mass is 10.2. The van der Waals surface area contributed by atoms with Gasteiger partial charge in [0.1, 0.15) is 17.2 Å². The van der Waals surface area contributed by atoms with Crippen molar-refractivity contribution in [3.63, 3.8) is 0 Å². The van der Waals surface area contributed by atoms with Gasteiger partial charge in [0.05, 0.1) is 23.0 Å². The van der Waals surface area contributed by atoms with E-state index in [0.717, 1.165) is 71.6 Å². The van der Waals surface area contributed by atoms with Gasteiger partial charge in [-0.3, -0.25) is 4.90 Å². The number of alkyl halides is 3. The van der Waals surface area contributed by atoms with Gasteiger partial charge < -0.3 is 19.5 Å². The molecule has 0 spiro atoms. The number of carboxylic acids is 1. The molecule has 0 saturated carbocycles. The van der Waals surface area contributed by atoms with Crippen LogP contribution in [0.2, 0.25) is 0 Å². The Balaban J connectivity index is 1.29. The molecule has 250 valence electrons. The average Bonchev–Trinajstić information content (AvgIpc) is 3.43. The normalized spacial score (nSPS) is 14.8. The number of aromatic nitrogens is 3. The number of carbonyl (C=O) groups is 1. The molecule has 0 radical (unpaired) electrons. The van der Waals surface area contributed by atoms with Crippen molar-refractivity contribution in [1.29, 1.82) is 0 Å². The topological polar surface area (TPSA) is 93.0 Å². The number of halogens is 3. The molecular weight excluding hydrogens is 631 g/mol. The summed E-state index contributed by atoms with van der Waals surface area (Å²) < 4.78 is 50.8. The third-order valence-electron chi connectivity index (χ3n) is 7.68. The van der Waals surface area contributed by atoms with Crippen LogP contribution in [-0.4, -0.2) is 69.4 Å². The standard InChI is InChI=1S/C34H38F3N5O4S/c1-22(2)45-28-11-9-26(10-12-28)41-17-15-40(16-18-41)20-30-31(39-42(38-30)27-7-5-25(6-8-27)34(35,36)37)21-47-29-13-14-32(23(3)19-29)46-24(4)33(43)44/h5-14,19,22,24H,15-18,20-21H2,1-4H3,(H,43,44). The molecule has 0 aliphatic carbocycles. The second-order valence-electron chi connectivity index (χ2n) is 11.7. The highest BCUT2D eigenvalue weighted by molar-refractivity contribution is 7.98. The van der Waals surface area contributed by atoms with Crippen LogP contribution in [0.4, 0.5) is 18.9 Å².